The number of nitrogens with one attached hydrogen (secondary N) is 1. The van der Waals surface area contributed by atoms with Gasteiger partial charge >= 0.3 is 11.5 Å². The fraction of sp³-hybridized carbons (Fsp3) is 0.435. The number of hydrogen-bond donors (Lipinski definition) is 2. The molecule has 1 saturated heterocycles. The lowest BCUT2D eigenvalue weighted by Crippen LogP contribution is -2.55. The Labute approximate surface area is 192 Å². The van der Waals surface area contributed by atoms with Crippen LogP contribution < -0.4 is 11.1 Å². The number of guanidine groups is 1. The number of benzene rings is 2. The zero-order chi connectivity index (χ0) is 24.2. The summed E-state index contributed by atoms with van der Waals surface area (Å²) in [5.74, 6) is 1.42. The van der Waals surface area contributed by atoms with Crippen LogP contribution in [-0.2, 0) is 16.5 Å². The van der Waals surface area contributed by atoms with Crippen LogP contribution in [0.3, 0.4) is 0 Å². The van der Waals surface area contributed by atoms with Gasteiger partial charge in [0, 0.05) is 5.92 Å². The highest BCUT2D eigenvalue weighted by Gasteiger charge is 2.45. The van der Waals surface area contributed by atoms with Gasteiger partial charge in [-0.25, -0.2) is 8.42 Å². The molecular formula is C23H28F3N3O3S. The number of aryl methyl sites for hydroxylation is 1. The molecule has 4 atom stereocenters. The van der Waals surface area contributed by atoms with E-state index in [1.165, 1.54) is 30.4 Å². The molecule has 4 rings (SSSR count). The van der Waals surface area contributed by atoms with Crippen LogP contribution in [0.2, 0.25) is 0 Å². The second-order valence-electron chi connectivity index (χ2n) is 8.41. The number of fused-ring (bicyclic) bond motifs is 1. The van der Waals surface area contributed by atoms with Gasteiger partial charge in [0.1, 0.15) is 6.04 Å². The largest absolute Gasteiger partial charge is 0.741 e. The van der Waals surface area contributed by atoms with Crippen LogP contribution in [0.4, 0.5) is 13.2 Å². The molecule has 0 unspecified atom stereocenters. The summed E-state index contributed by atoms with van der Waals surface area (Å²) >= 11 is 0. The topological polar surface area (TPSA) is 98.3 Å². The number of hydrogen-bond acceptors (Lipinski definition) is 5. The minimum absolute atomic E-state index is 0.315. The van der Waals surface area contributed by atoms with E-state index in [0.717, 1.165) is 12.4 Å². The summed E-state index contributed by atoms with van der Waals surface area (Å²) in [6.45, 7) is 2.37. The Balaban J connectivity index is 0.000000331. The normalized spacial score (nSPS) is 25.0. The fourth-order valence-corrected chi connectivity index (χ4v) is 4.70. The maximum Gasteiger partial charge on any atom is 0.485 e. The molecule has 10 heteroatoms. The van der Waals surface area contributed by atoms with Crippen molar-refractivity contribution >= 4 is 16.1 Å². The standard InChI is InChI=1S/C22H27N3.CHF3O3S/c1-16-20-15-14-19(13-12-17-8-4-2-5-9-17)25(20)22(23)24-21(16)18-10-6-3-7-11-18;2-1(3,4)8(5,6)7/h2-11,16,19-21H,12-15H2,1H3,(H2,23,24);(H,5,6,7)/t16-,19+,20-,21-;/m1./s1. The van der Waals surface area contributed by atoms with E-state index < -0.39 is 15.6 Å². The number of rotatable bonds is 4. The Kier molecular flexibility index (Phi) is 7.69. The summed E-state index contributed by atoms with van der Waals surface area (Å²) in [4.78, 5) is 0. The predicted molar refractivity (Wildman–Crippen MR) is 118 cm³/mol. The number of halogens is 3. The van der Waals surface area contributed by atoms with Crippen molar-refractivity contribution in [1.82, 2.24) is 5.32 Å². The van der Waals surface area contributed by atoms with Gasteiger partial charge in [-0.05, 0) is 36.8 Å². The Morgan fingerprint density at radius 2 is 1.61 bits per heavy atom. The predicted octanol–water partition coefficient (Wildman–Crippen LogP) is 3.51. The van der Waals surface area contributed by atoms with E-state index in [2.05, 4.69) is 77.5 Å². The lowest BCUT2D eigenvalue weighted by Gasteiger charge is -2.34. The molecule has 33 heavy (non-hydrogen) atoms. The van der Waals surface area contributed by atoms with Crippen LogP contribution in [0.15, 0.2) is 60.7 Å². The fourth-order valence-electron chi connectivity index (χ4n) is 4.70. The molecule has 2 aliphatic rings. The highest BCUT2D eigenvalue weighted by atomic mass is 32.2. The summed E-state index contributed by atoms with van der Waals surface area (Å²) in [7, 11) is -6.09. The summed E-state index contributed by atoms with van der Waals surface area (Å²) in [6, 6.07) is 22.9. The van der Waals surface area contributed by atoms with Crippen molar-refractivity contribution in [2.75, 3.05) is 0 Å². The van der Waals surface area contributed by atoms with E-state index in [0.29, 0.717) is 24.0 Å². The van der Waals surface area contributed by atoms with Gasteiger partial charge < -0.3 is 4.55 Å². The number of nitrogens with two attached hydrogens (primary N) is 1. The molecule has 2 aromatic carbocycles. The molecule has 0 bridgehead atoms. The number of alkyl halides is 3. The Hall–Kier alpha value is -2.59. The minimum Gasteiger partial charge on any atom is -0.741 e. The molecule has 2 heterocycles. The SMILES string of the molecule is C[C@@H]1[C@H]2CC[C@H](CCc3ccccc3)[N+]2=C(N)N[C@H]1c1ccccc1.O=S(=O)([O-])C(F)(F)F. The van der Waals surface area contributed by atoms with Crippen LogP contribution >= 0.6 is 0 Å². The van der Waals surface area contributed by atoms with Gasteiger partial charge in [-0.3, -0.25) is 15.6 Å². The zero-order valence-corrected chi connectivity index (χ0v) is 19.0. The van der Waals surface area contributed by atoms with Gasteiger partial charge in [0.2, 0.25) is 0 Å². The van der Waals surface area contributed by atoms with Gasteiger partial charge in [-0.15, -0.1) is 0 Å². The van der Waals surface area contributed by atoms with Gasteiger partial charge in [-0.2, -0.15) is 13.2 Å². The van der Waals surface area contributed by atoms with E-state index in [4.69, 9.17) is 18.7 Å². The third kappa shape index (κ3) is 6.05. The molecule has 0 amide bonds. The van der Waals surface area contributed by atoms with E-state index in [1.54, 1.807) is 0 Å². The molecule has 0 spiro atoms. The summed E-state index contributed by atoms with van der Waals surface area (Å²) in [6.07, 6.45) is 4.78. The molecule has 1 fully saturated rings. The van der Waals surface area contributed by atoms with Gasteiger partial charge in [0.05, 0.1) is 12.1 Å². The van der Waals surface area contributed by atoms with Gasteiger partial charge in [-0.1, -0.05) is 67.6 Å². The van der Waals surface area contributed by atoms with Crippen LogP contribution in [0.5, 0.6) is 0 Å². The molecule has 180 valence electrons. The average molecular weight is 484 g/mol. The van der Waals surface area contributed by atoms with E-state index >= 15 is 0 Å². The third-order valence-corrected chi connectivity index (χ3v) is 6.88. The van der Waals surface area contributed by atoms with Crippen molar-refractivity contribution in [3.05, 3.63) is 71.8 Å². The lowest BCUT2D eigenvalue weighted by molar-refractivity contribution is -0.594. The Bertz CT molecular complexity index is 1060. The van der Waals surface area contributed by atoms with Crippen molar-refractivity contribution in [2.24, 2.45) is 11.7 Å². The molecule has 2 aromatic rings. The smallest absolute Gasteiger partial charge is 0.485 e. The second kappa shape index (κ2) is 10.1. The molecule has 0 saturated carbocycles. The monoisotopic (exact) mass is 483 g/mol. The molecule has 3 N–H and O–H groups in total. The first kappa shape index (κ1) is 25.0. The minimum atomic E-state index is -6.09. The van der Waals surface area contributed by atoms with Crippen LogP contribution in [0.25, 0.3) is 0 Å². The molecule has 6 nitrogen and oxygen atoms in total. The maximum absolute atomic E-state index is 10.7. The molecule has 0 aromatic heterocycles. The van der Waals surface area contributed by atoms with Crippen LogP contribution in [0.1, 0.15) is 43.4 Å². The van der Waals surface area contributed by atoms with Crippen molar-refractivity contribution in [1.29, 1.82) is 0 Å². The van der Waals surface area contributed by atoms with Crippen LogP contribution in [0, 0.1) is 5.92 Å². The van der Waals surface area contributed by atoms with E-state index in [9.17, 15) is 13.2 Å². The Morgan fingerprint density at radius 1 is 1.06 bits per heavy atom. The molecule has 2 aliphatic heterocycles. The van der Waals surface area contributed by atoms with Crippen molar-refractivity contribution in [2.45, 2.75) is 56.2 Å². The lowest BCUT2D eigenvalue weighted by atomic mass is 9.86. The first-order chi connectivity index (χ1) is 15.5. The van der Waals surface area contributed by atoms with Gasteiger partial charge in [0.15, 0.2) is 10.1 Å². The summed E-state index contributed by atoms with van der Waals surface area (Å²) < 4.78 is 61.4. The third-order valence-electron chi connectivity index (χ3n) is 6.31. The van der Waals surface area contributed by atoms with E-state index in [1.807, 2.05) is 0 Å². The maximum atomic E-state index is 10.7. The van der Waals surface area contributed by atoms with Crippen LogP contribution in [-0.4, -0.2) is 41.1 Å². The highest BCUT2D eigenvalue weighted by molar-refractivity contribution is 7.86. The highest BCUT2D eigenvalue weighted by Crippen LogP contribution is 2.36. The first-order valence-corrected chi connectivity index (χ1v) is 12.2. The summed E-state index contributed by atoms with van der Waals surface area (Å²) in [5.41, 5.74) is 3.61. The van der Waals surface area contributed by atoms with Crippen molar-refractivity contribution in [3.63, 3.8) is 0 Å². The first-order valence-electron chi connectivity index (χ1n) is 10.8. The quantitative estimate of drug-likeness (QED) is 0.394. The van der Waals surface area contributed by atoms with Gasteiger partial charge in [0.25, 0.3) is 0 Å². The molecular weight excluding hydrogens is 455 g/mol. The van der Waals surface area contributed by atoms with E-state index in [-0.39, 0.29) is 0 Å². The number of nitrogens with zero attached hydrogens (tertiary/aromatic N) is 1. The second-order valence-corrected chi connectivity index (χ2v) is 9.78. The zero-order valence-electron chi connectivity index (χ0n) is 18.2. The molecule has 0 radical (unpaired) electrons. The average Bonchev–Trinajstić information content (AvgIpc) is 3.20. The van der Waals surface area contributed by atoms with Crippen molar-refractivity contribution in [3.8, 4) is 0 Å². The van der Waals surface area contributed by atoms with Crippen molar-refractivity contribution < 1.29 is 30.7 Å². The molecule has 0 aliphatic carbocycles. The Morgan fingerprint density at radius 3 is 2.15 bits per heavy atom. The summed E-state index contributed by atoms with van der Waals surface area (Å²) in [5, 5.41) is 3.60.